The second-order valence-corrected chi connectivity index (χ2v) is 4.07. The lowest BCUT2D eigenvalue weighted by atomic mass is 10.4. The van der Waals surface area contributed by atoms with Gasteiger partial charge in [0.15, 0.2) is 0 Å². The first-order chi connectivity index (χ1) is 7.74. The average Bonchev–Trinajstić information content (AvgIpc) is 3.06. The summed E-state index contributed by atoms with van der Waals surface area (Å²) in [6.45, 7) is 4.98. The summed E-state index contributed by atoms with van der Waals surface area (Å²) in [5, 5.41) is 3.26. The van der Waals surface area contributed by atoms with Gasteiger partial charge in [-0.2, -0.15) is 0 Å². The largest absolute Gasteiger partial charge is 0.463 e. The summed E-state index contributed by atoms with van der Waals surface area (Å²) in [6.07, 6.45) is 5.97. The molecule has 0 bridgehead atoms. The molecule has 1 rings (SSSR count). The Bertz CT molecular complexity index is 237. The van der Waals surface area contributed by atoms with Crippen molar-refractivity contribution in [3.05, 3.63) is 12.2 Å². The van der Waals surface area contributed by atoms with Gasteiger partial charge in [-0.3, -0.25) is 0 Å². The molecule has 0 unspecified atom stereocenters. The highest BCUT2D eigenvalue weighted by Crippen LogP contribution is 2.24. The number of carbonyl (C=O) groups excluding carboxylic acids is 1. The SMILES string of the molecule is CCOC(=O)/C=C/CNCCN(C)C1CC1. The van der Waals surface area contributed by atoms with Gasteiger partial charge < -0.3 is 15.0 Å². The highest BCUT2D eigenvalue weighted by molar-refractivity contribution is 5.81. The number of rotatable bonds is 8. The minimum atomic E-state index is -0.264. The molecule has 0 aliphatic heterocycles. The van der Waals surface area contributed by atoms with Crippen LogP contribution in [0, 0.1) is 0 Å². The van der Waals surface area contributed by atoms with Gasteiger partial charge in [-0.05, 0) is 26.8 Å². The van der Waals surface area contributed by atoms with E-state index in [-0.39, 0.29) is 5.97 Å². The number of nitrogens with one attached hydrogen (secondary N) is 1. The van der Waals surface area contributed by atoms with E-state index in [1.807, 2.05) is 0 Å². The Labute approximate surface area is 97.6 Å². The van der Waals surface area contributed by atoms with E-state index >= 15 is 0 Å². The summed E-state index contributed by atoms with van der Waals surface area (Å²) in [4.78, 5) is 13.3. The molecule has 0 radical (unpaired) electrons. The van der Waals surface area contributed by atoms with Crippen molar-refractivity contribution in [2.45, 2.75) is 25.8 Å². The van der Waals surface area contributed by atoms with Crippen LogP contribution in [-0.4, -0.2) is 50.2 Å². The van der Waals surface area contributed by atoms with E-state index < -0.39 is 0 Å². The first kappa shape index (κ1) is 13.2. The molecule has 1 fully saturated rings. The number of nitrogens with zero attached hydrogens (tertiary/aromatic N) is 1. The van der Waals surface area contributed by atoms with Gasteiger partial charge in [0.05, 0.1) is 6.61 Å². The third-order valence-electron chi connectivity index (χ3n) is 2.61. The maximum atomic E-state index is 10.9. The van der Waals surface area contributed by atoms with Crippen molar-refractivity contribution in [3.63, 3.8) is 0 Å². The smallest absolute Gasteiger partial charge is 0.330 e. The summed E-state index contributed by atoms with van der Waals surface area (Å²) in [6, 6.07) is 0.817. The van der Waals surface area contributed by atoms with Crippen LogP contribution in [0.2, 0.25) is 0 Å². The molecule has 16 heavy (non-hydrogen) atoms. The number of carbonyl (C=O) groups is 1. The fourth-order valence-corrected chi connectivity index (χ4v) is 1.48. The molecular formula is C12H22N2O2. The van der Waals surface area contributed by atoms with Crippen LogP contribution < -0.4 is 5.32 Å². The Balaban J connectivity index is 1.92. The highest BCUT2D eigenvalue weighted by Gasteiger charge is 2.25. The predicted molar refractivity (Wildman–Crippen MR) is 64.3 cm³/mol. The minimum Gasteiger partial charge on any atom is -0.463 e. The van der Waals surface area contributed by atoms with Crippen molar-refractivity contribution in [2.75, 3.05) is 33.3 Å². The normalized spacial score (nSPS) is 15.9. The van der Waals surface area contributed by atoms with Crippen LogP contribution in [0.15, 0.2) is 12.2 Å². The standard InChI is InChI=1S/C12H22N2O2/c1-3-16-12(15)5-4-8-13-9-10-14(2)11-6-7-11/h4-5,11,13H,3,6-10H2,1-2H3/b5-4+. The summed E-state index contributed by atoms with van der Waals surface area (Å²) in [5.41, 5.74) is 0. The van der Waals surface area contributed by atoms with Crippen LogP contribution in [0.4, 0.5) is 0 Å². The number of esters is 1. The molecule has 0 aromatic carbocycles. The Kier molecular flexibility index (Phi) is 6.11. The van der Waals surface area contributed by atoms with E-state index in [1.54, 1.807) is 13.0 Å². The van der Waals surface area contributed by atoms with Crippen molar-refractivity contribution in [2.24, 2.45) is 0 Å². The molecule has 0 saturated heterocycles. The van der Waals surface area contributed by atoms with Gasteiger partial charge in [0.2, 0.25) is 0 Å². The van der Waals surface area contributed by atoms with E-state index in [0.717, 1.165) is 25.7 Å². The Hall–Kier alpha value is -0.870. The molecule has 1 aliphatic carbocycles. The van der Waals surface area contributed by atoms with Crippen molar-refractivity contribution < 1.29 is 9.53 Å². The molecule has 0 heterocycles. The molecule has 0 spiro atoms. The number of hydrogen-bond donors (Lipinski definition) is 1. The van der Waals surface area contributed by atoms with Gasteiger partial charge in [0, 0.05) is 31.8 Å². The zero-order valence-electron chi connectivity index (χ0n) is 10.2. The van der Waals surface area contributed by atoms with Crippen molar-refractivity contribution in [3.8, 4) is 0 Å². The van der Waals surface area contributed by atoms with Gasteiger partial charge in [0.25, 0.3) is 0 Å². The molecule has 0 amide bonds. The first-order valence-electron chi connectivity index (χ1n) is 5.98. The molecule has 92 valence electrons. The second kappa shape index (κ2) is 7.41. The Morgan fingerprint density at radius 1 is 1.56 bits per heavy atom. The van der Waals surface area contributed by atoms with Crippen LogP contribution >= 0.6 is 0 Å². The lowest BCUT2D eigenvalue weighted by Gasteiger charge is -2.15. The van der Waals surface area contributed by atoms with Gasteiger partial charge in [0.1, 0.15) is 0 Å². The van der Waals surface area contributed by atoms with Crippen LogP contribution in [-0.2, 0) is 9.53 Å². The summed E-state index contributed by atoms with van der Waals surface area (Å²) < 4.78 is 4.76. The van der Waals surface area contributed by atoms with E-state index in [0.29, 0.717) is 6.61 Å². The van der Waals surface area contributed by atoms with Crippen molar-refractivity contribution in [1.29, 1.82) is 0 Å². The predicted octanol–water partition coefficient (Wildman–Crippen LogP) is 0.790. The van der Waals surface area contributed by atoms with Crippen molar-refractivity contribution >= 4 is 5.97 Å². The van der Waals surface area contributed by atoms with Crippen LogP contribution in [0.3, 0.4) is 0 Å². The number of hydrogen-bond acceptors (Lipinski definition) is 4. The molecule has 1 saturated carbocycles. The summed E-state index contributed by atoms with van der Waals surface area (Å²) >= 11 is 0. The fraction of sp³-hybridized carbons (Fsp3) is 0.750. The minimum absolute atomic E-state index is 0.264. The quantitative estimate of drug-likeness (QED) is 0.377. The third-order valence-corrected chi connectivity index (χ3v) is 2.61. The Morgan fingerprint density at radius 3 is 2.94 bits per heavy atom. The summed E-state index contributed by atoms with van der Waals surface area (Å²) in [5.74, 6) is -0.264. The van der Waals surface area contributed by atoms with Crippen molar-refractivity contribution in [1.82, 2.24) is 10.2 Å². The monoisotopic (exact) mass is 226 g/mol. The topological polar surface area (TPSA) is 41.6 Å². The lowest BCUT2D eigenvalue weighted by molar-refractivity contribution is -0.137. The van der Waals surface area contributed by atoms with Crippen LogP contribution in [0.1, 0.15) is 19.8 Å². The number of ether oxygens (including phenoxy) is 1. The maximum Gasteiger partial charge on any atom is 0.330 e. The van der Waals surface area contributed by atoms with E-state index in [1.165, 1.54) is 18.9 Å². The van der Waals surface area contributed by atoms with E-state index in [9.17, 15) is 4.79 Å². The van der Waals surface area contributed by atoms with Gasteiger partial charge >= 0.3 is 5.97 Å². The lowest BCUT2D eigenvalue weighted by Crippen LogP contribution is -2.30. The molecule has 4 nitrogen and oxygen atoms in total. The molecule has 4 heteroatoms. The molecule has 0 aromatic rings. The Morgan fingerprint density at radius 2 is 2.31 bits per heavy atom. The zero-order valence-corrected chi connectivity index (χ0v) is 10.2. The average molecular weight is 226 g/mol. The molecule has 0 atom stereocenters. The fourth-order valence-electron chi connectivity index (χ4n) is 1.48. The van der Waals surface area contributed by atoms with Gasteiger partial charge in [-0.15, -0.1) is 0 Å². The molecular weight excluding hydrogens is 204 g/mol. The van der Waals surface area contributed by atoms with E-state index in [4.69, 9.17) is 4.74 Å². The molecule has 1 N–H and O–H groups in total. The van der Waals surface area contributed by atoms with Gasteiger partial charge in [-0.25, -0.2) is 4.79 Å². The van der Waals surface area contributed by atoms with Crippen LogP contribution in [0.25, 0.3) is 0 Å². The first-order valence-corrected chi connectivity index (χ1v) is 5.98. The third kappa shape index (κ3) is 5.88. The van der Waals surface area contributed by atoms with Gasteiger partial charge in [-0.1, -0.05) is 6.08 Å². The molecule has 0 aromatic heterocycles. The highest BCUT2D eigenvalue weighted by atomic mass is 16.5. The summed E-state index contributed by atoms with van der Waals surface area (Å²) in [7, 11) is 2.16. The maximum absolute atomic E-state index is 10.9. The zero-order chi connectivity index (χ0) is 11.8. The number of likely N-dealkylation sites (N-methyl/N-ethyl adjacent to an activating group) is 1. The van der Waals surface area contributed by atoms with Crippen LogP contribution in [0.5, 0.6) is 0 Å². The van der Waals surface area contributed by atoms with E-state index in [2.05, 4.69) is 17.3 Å². The second-order valence-electron chi connectivity index (χ2n) is 4.07. The molecule has 1 aliphatic rings.